The number of nitrogens with one attached hydrogen (secondary N) is 1. The van der Waals surface area contributed by atoms with Gasteiger partial charge in [-0.25, -0.2) is 15.0 Å². The second kappa shape index (κ2) is 7.78. The van der Waals surface area contributed by atoms with E-state index in [-0.39, 0.29) is 11.9 Å². The molecule has 0 fully saturated rings. The molecule has 140 valence electrons. The van der Waals surface area contributed by atoms with Crippen molar-refractivity contribution in [3.05, 3.63) is 88.8 Å². The van der Waals surface area contributed by atoms with Gasteiger partial charge in [-0.2, -0.15) is 0 Å². The van der Waals surface area contributed by atoms with Gasteiger partial charge in [-0.3, -0.25) is 4.79 Å². The number of carbonyl (C=O) groups is 1. The van der Waals surface area contributed by atoms with Crippen molar-refractivity contribution in [1.82, 2.24) is 20.3 Å². The molecule has 1 amide bonds. The molecule has 28 heavy (non-hydrogen) atoms. The van der Waals surface area contributed by atoms with E-state index < -0.39 is 0 Å². The summed E-state index contributed by atoms with van der Waals surface area (Å²) in [5.74, 6) is 0.366. The van der Waals surface area contributed by atoms with Gasteiger partial charge >= 0.3 is 0 Å². The standard InChI is InChI=1S/C21H17ClN4O2/c1-13(17-7-8-23-12-24-17)25-21(27)15-5-6-18-19(11-15)28-20(26-18)10-14-3-2-4-16(22)9-14/h2-9,11-13H,10H2,1H3,(H,25,27). The third-order valence-corrected chi connectivity index (χ3v) is 4.57. The summed E-state index contributed by atoms with van der Waals surface area (Å²) in [6.45, 7) is 1.87. The number of oxazole rings is 1. The van der Waals surface area contributed by atoms with Gasteiger partial charge in [0.15, 0.2) is 11.5 Å². The van der Waals surface area contributed by atoms with Crippen LogP contribution in [0.5, 0.6) is 0 Å². The molecule has 0 saturated heterocycles. The first-order valence-corrected chi connectivity index (χ1v) is 9.17. The van der Waals surface area contributed by atoms with E-state index in [1.807, 2.05) is 31.2 Å². The molecule has 0 aliphatic rings. The van der Waals surface area contributed by atoms with Crippen LogP contribution in [0, 0.1) is 0 Å². The Hall–Kier alpha value is -3.25. The molecule has 6 nitrogen and oxygen atoms in total. The molecule has 0 aliphatic heterocycles. The number of fused-ring (bicyclic) bond motifs is 1. The van der Waals surface area contributed by atoms with Gasteiger partial charge in [0.25, 0.3) is 5.91 Å². The Labute approximate surface area is 166 Å². The van der Waals surface area contributed by atoms with Crippen molar-refractivity contribution in [3.8, 4) is 0 Å². The number of benzene rings is 2. The molecule has 1 N–H and O–H groups in total. The normalized spacial score (nSPS) is 12.1. The summed E-state index contributed by atoms with van der Waals surface area (Å²) in [6.07, 6.45) is 3.63. The Balaban J connectivity index is 1.52. The lowest BCUT2D eigenvalue weighted by Crippen LogP contribution is -2.27. The van der Waals surface area contributed by atoms with Crippen LogP contribution < -0.4 is 5.32 Å². The highest BCUT2D eigenvalue weighted by Gasteiger charge is 2.15. The van der Waals surface area contributed by atoms with Crippen LogP contribution in [0.4, 0.5) is 0 Å². The molecule has 4 rings (SSSR count). The van der Waals surface area contributed by atoms with Gasteiger partial charge < -0.3 is 9.73 Å². The number of halogens is 1. The highest BCUT2D eigenvalue weighted by molar-refractivity contribution is 6.30. The zero-order chi connectivity index (χ0) is 19.5. The minimum absolute atomic E-state index is 0.208. The Morgan fingerprint density at radius 3 is 2.89 bits per heavy atom. The van der Waals surface area contributed by atoms with Crippen LogP contribution in [0.25, 0.3) is 11.1 Å². The molecule has 0 aliphatic carbocycles. The number of hydrogen-bond acceptors (Lipinski definition) is 5. The van der Waals surface area contributed by atoms with E-state index in [4.69, 9.17) is 16.0 Å². The number of rotatable bonds is 5. The van der Waals surface area contributed by atoms with Crippen molar-refractivity contribution in [2.24, 2.45) is 0 Å². The van der Waals surface area contributed by atoms with Crippen LogP contribution in [0.15, 0.2) is 65.5 Å². The smallest absolute Gasteiger partial charge is 0.251 e. The number of nitrogens with zero attached hydrogens (tertiary/aromatic N) is 3. The molecule has 0 radical (unpaired) electrons. The maximum Gasteiger partial charge on any atom is 0.251 e. The third-order valence-electron chi connectivity index (χ3n) is 4.34. The first kappa shape index (κ1) is 18.1. The van der Waals surface area contributed by atoms with E-state index in [1.54, 1.807) is 30.5 Å². The lowest BCUT2D eigenvalue weighted by atomic mass is 10.1. The number of hydrogen-bond donors (Lipinski definition) is 1. The molecule has 0 saturated carbocycles. The Bertz CT molecular complexity index is 1130. The predicted octanol–water partition coefficient (Wildman–Crippen LogP) is 4.35. The molecule has 1 unspecified atom stereocenters. The van der Waals surface area contributed by atoms with Crippen LogP contribution >= 0.6 is 11.6 Å². The molecular formula is C21H17ClN4O2. The summed E-state index contributed by atoms with van der Waals surface area (Å²) in [4.78, 5) is 25.1. The van der Waals surface area contributed by atoms with Gasteiger partial charge in [0.2, 0.25) is 0 Å². The first-order chi connectivity index (χ1) is 13.6. The predicted molar refractivity (Wildman–Crippen MR) is 106 cm³/mol. The minimum Gasteiger partial charge on any atom is -0.440 e. The fraction of sp³-hybridized carbons (Fsp3) is 0.143. The van der Waals surface area contributed by atoms with E-state index in [0.29, 0.717) is 34.0 Å². The Morgan fingerprint density at radius 2 is 2.11 bits per heavy atom. The maximum atomic E-state index is 12.6. The van der Waals surface area contributed by atoms with Crippen LogP contribution in [0.1, 0.15) is 40.5 Å². The monoisotopic (exact) mass is 392 g/mol. The number of carbonyl (C=O) groups excluding carboxylic acids is 1. The van der Waals surface area contributed by atoms with Crippen molar-refractivity contribution in [2.45, 2.75) is 19.4 Å². The quantitative estimate of drug-likeness (QED) is 0.546. The number of aromatic nitrogens is 3. The van der Waals surface area contributed by atoms with E-state index in [0.717, 1.165) is 11.3 Å². The van der Waals surface area contributed by atoms with Crippen molar-refractivity contribution in [3.63, 3.8) is 0 Å². The summed E-state index contributed by atoms with van der Waals surface area (Å²) in [7, 11) is 0. The SMILES string of the molecule is CC(NC(=O)c1ccc2nc(Cc3cccc(Cl)c3)oc2c1)c1ccncn1. The lowest BCUT2D eigenvalue weighted by Gasteiger charge is -2.12. The van der Waals surface area contributed by atoms with Crippen molar-refractivity contribution >= 4 is 28.6 Å². The molecular weight excluding hydrogens is 376 g/mol. The van der Waals surface area contributed by atoms with Gasteiger partial charge in [0.05, 0.1) is 11.7 Å². The largest absolute Gasteiger partial charge is 0.440 e. The molecule has 2 aromatic heterocycles. The fourth-order valence-electron chi connectivity index (χ4n) is 2.92. The van der Waals surface area contributed by atoms with E-state index >= 15 is 0 Å². The van der Waals surface area contributed by atoms with E-state index in [9.17, 15) is 4.79 Å². The van der Waals surface area contributed by atoms with Gasteiger partial charge in [-0.15, -0.1) is 0 Å². The fourth-order valence-corrected chi connectivity index (χ4v) is 3.13. The lowest BCUT2D eigenvalue weighted by molar-refractivity contribution is 0.0939. The Morgan fingerprint density at radius 1 is 1.21 bits per heavy atom. The van der Waals surface area contributed by atoms with Crippen LogP contribution in [-0.4, -0.2) is 20.9 Å². The van der Waals surface area contributed by atoms with Gasteiger partial charge in [-0.05, 0) is 48.9 Å². The van der Waals surface area contributed by atoms with Crippen molar-refractivity contribution in [2.75, 3.05) is 0 Å². The summed E-state index contributed by atoms with van der Waals surface area (Å²) in [5.41, 5.74) is 3.53. The molecule has 7 heteroatoms. The summed E-state index contributed by atoms with van der Waals surface area (Å²) in [5, 5.41) is 3.60. The van der Waals surface area contributed by atoms with Gasteiger partial charge in [0.1, 0.15) is 11.8 Å². The second-order valence-corrected chi connectivity index (χ2v) is 6.86. The van der Waals surface area contributed by atoms with Gasteiger partial charge in [-0.1, -0.05) is 23.7 Å². The average Bonchev–Trinajstić information content (AvgIpc) is 3.10. The van der Waals surface area contributed by atoms with Gasteiger partial charge in [0, 0.05) is 23.2 Å². The van der Waals surface area contributed by atoms with Crippen LogP contribution in [-0.2, 0) is 6.42 Å². The molecule has 0 bridgehead atoms. The van der Waals surface area contributed by atoms with E-state index in [1.165, 1.54) is 6.33 Å². The highest BCUT2D eigenvalue weighted by atomic mass is 35.5. The van der Waals surface area contributed by atoms with Crippen LogP contribution in [0.2, 0.25) is 5.02 Å². The zero-order valence-corrected chi connectivity index (χ0v) is 15.8. The third kappa shape index (κ3) is 4.02. The topological polar surface area (TPSA) is 80.9 Å². The summed E-state index contributed by atoms with van der Waals surface area (Å²) >= 11 is 6.03. The van der Waals surface area contributed by atoms with Crippen molar-refractivity contribution < 1.29 is 9.21 Å². The molecule has 2 heterocycles. The summed E-state index contributed by atoms with van der Waals surface area (Å²) in [6, 6.07) is 14.3. The number of amides is 1. The highest BCUT2D eigenvalue weighted by Crippen LogP contribution is 2.21. The molecule has 2 aromatic carbocycles. The average molecular weight is 393 g/mol. The summed E-state index contributed by atoms with van der Waals surface area (Å²) < 4.78 is 5.84. The van der Waals surface area contributed by atoms with Crippen molar-refractivity contribution in [1.29, 1.82) is 0 Å². The minimum atomic E-state index is -0.237. The first-order valence-electron chi connectivity index (χ1n) is 8.79. The Kier molecular flexibility index (Phi) is 5.04. The van der Waals surface area contributed by atoms with E-state index in [2.05, 4.69) is 20.3 Å². The maximum absolute atomic E-state index is 12.6. The molecule has 4 aromatic rings. The second-order valence-electron chi connectivity index (χ2n) is 6.43. The molecule has 0 spiro atoms. The molecule has 1 atom stereocenters. The zero-order valence-electron chi connectivity index (χ0n) is 15.1. The van der Waals surface area contributed by atoms with Crippen LogP contribution in [0.3, 0.4) is 0 Å².